The molecule has 1 heterocycles. The molecule has 8 heteroatoms. The van der Waals surface area contributed by atoms with Gasteiger partial charge in [-0.1, -0.05) is 30.3 Å². The van der Waals surface area contributed by atoms with Crippen LogP contribution in [0.15, 0.2) is 54.6 Å². The number of benzene rings is 1. The molecule has 5 atom stereocenters. The minimum absolute atomic E-state index is 0.0891. The molecular formula is C23H29NO7. The molecule has 2 rings (SSSR count). The molecule has 1 amide bonds. The fraction of sp³-hybridized carbons (Fsp3) is 0.435. The van der Waals surface area contributed by atoms with Gasteiger partial charge in [0.15, 0.2) is 0 Å². The Bertz CT molecular complexity index is 820. The summed E-state index contributed by atoms with van der Waals surface area (Å²) in [4.78, 5) is 38.6. The van der Waals surface area contributed by atoms with Gasteiger partial charge in [0.05, 0.1) is 6.42 Å². The van der Waals surface area contributed by atoms with Gasteiger partial charge in [0.1, 0.15) is 24.4 Å². The van der Waals surface area contributed by atoms with Crippen LogP contribution in [0.2, 0.25) is 0 Å². The van der Waals surface area contributed by atoms with Crippen LogP contribution in [-0.2, 0) is 30.4 Å². The number of hydrogen-bond acceptors (Lipinski definition) is 7. The standard InChI is InChI=1S/C23H29NO7/c1-15-13-23(29)31-17(3)20(26)10-12-22(28)30-16(2)19(25)9-11-21(27)24(15)14-18-7-5-4-6-8-18/h4-12,15-17,19-20,25-26H,13-14H2,1-3H3/b11-9+,12-10+/t15-,16-,17-,19+,20+/m0/s1. The molecule has 0 unspecified atom stereocenters. The zero-order chi connectivity index (χ0) is 23.0. The van der Waals surface area contributed by atoms with Crippen molar-refractivity contribution in [3.63, 3.8) is 0 Å². The van der Waals surface area contributed by atoms with E-state index in [1.807, 2.05) is 30.3 Å². The SMILES string of the molecule is C[C@@H]1OC(=O)/C=C/[C@@H](O)[C@H](C)OC(=O)C[C@H](C)N(Cc2ccccc2)C(=O)/C=C/[C@H]1O. The van der Waals surface area contributed by atoms with E-state index in [0.29, 0.717) is 0 Å². The lowest BCUT2D eigenvalue weighted by atomic mass is 10.1. The Morgan fingerprint density at radius 2 is 1.48 bits per heavy atom. The third-order valence-electron chi connectivity index (χ3n) is 4.92. The van der Waals surface area contributed by atoms with E-state index in [1.54, 1.807) is 6.92 Å². The summed E-state index contributed by atoms with van der Waals surface area (Å²) < 4.78 is 10.3. The Morgan fingerprint density at radius 3 is 2.13 bits per heavy atom. The average molecular weight is 431 g/mol. The number of hydrogen-bond donors (Lipinski definition) is 2. The maximum absolute atomic E-state index is 12.9. The molecule has 0 bridgehead atoms. The lowest BCUT2D eigenvalue weighted by Crippen LogP contribution is -2.40. The second-order valence-corrected chi connectivity index (χ2v) is 7.54. The lowest BCUT2D eigenvalue weighted by molar-refractivity contribution is -0.153. The summed E-state index contributed by atoms with van der Waals surface area (Å²) >= 11 is 0. The zero-order valence-electron chi connectivity index (χ0n) is 17.9. The van der Waals surface area contributed by atoms with E-state index >= 15 is 0 Å². The molecule has 0 fully saturated rings. The molecule has 0 aromatic heterocycles. The van der Waals surface area contributed by atoms with Crippen molar-refractivity contribution >= 4 is 17.8 Å². The fourth-order valence-corrected chi connectivity index (χ4v) is 2.97. The number of aliphatic hydroxyl groups is 2. The molecule has 1 aliphatic rings. The first-order valence-electron chi connectivity index (χ1n) is 10.1. The van der Waals surface area contributed by atoms with Crippen molar-refractivity contribution in [2.24, 2.45) is 0 Å². The molecule has 168 valence electrons. The Morgan fingerprint density at radius 1 is 0.903 bits per heavy atom. The predicted molar refractivity (Wildman–Crippen MR) is 112 cm³/mol. The van der Waals surface area contributed by atoms with Crippen molar-refractivity contribution in [3.8, 4) is 0 Å². The molecule has 31 heavy (non-hydrogen) atoms. The van der Waals surface area contributed by atoms with Crippen LogP contribution >= 0.6 is 0 Å². The number of esters is 2. The molecule has 0 radical (unpaired) electrons. The van der Waals surface area contributed by atoms with Crippen molar-refractivity contribution in [3.05, 3.63) is 60.2 Å². The van der Waals surface area contributed by atoms with Gasteiger partial charge in [-0.3, -0.25) is 9.59 Å². The highest BCUT2D eigenvalue weighted by Crippen LogP contribution is 2.15. The first-order chi connectivity index (χ1) is 14.7. The second-order valence-electron chi connectivity index (χ2n) is 7.54. The monoisotopic (exact) mass is 431 g/mol. The minimum atomic E-state index is -1.22. The third kappa shape index (κ3) is 7.66. The molecule has 0 saturated heterocycles. The number of rotatable bonds is 2. The number of carbonyl (C=O) groups is 3. The first-order valence-corrected chi connectivity index (χ1v) is 10.1. The summed E-state index contributed by atoms with van der Waals surface area (Å²) in [7, 11) is 0. The van der Waals surface area contributed by atoms with Crippen molar-refractivity contribution in [1.82, 2.24) is 4.90 Å². The maximum Gasteiger partial charge on any atom is 0.330 e. The minimum Gasteiger partial charge on any atom is -0.459 e. The van der Waals surface area contributed by atoms with E-state index in [2.05, 4.69) is 0 Å². The van der Waals surface area contributed by atoms with Crippen LogP contribution in [0.1, 0.15) is 32.8 Å². The number of carbonyl (C=O) groups excluding carboxylic acids is 3. The van der Waals surface area contributed by atoms with E-state index in [0.717, 1.165) is 17.7 Å². The number of aliphatic hydroxyl groups excluding tert-OH is 2. The molecule has 2 N–H and O–H groups in total. The largest absolute Gasteiger partial charge is 0.459 e. The highest BCUT2D eigenvalue weighted by Gasteiger charge is 2.25. The second kappa shape index (κ2) is 11.4. The van der Waals surface area contributed by atoms with Crippen LogP contribution in [0.3, 0.4) is 0 Å². The van der Waals surface area contributed by atoms with Crippen LogP contribution < -0.4 is 0 Å². The number of amides is 1. The fourth-order valence-electron chi connectivity index (χ4n) is 2.97. The molecule has 1 aromatic rings. The topological polar surface area (TPSA) is 113 Å². The number of ether oxygens (including phenoxy) is 2. The van der Waals surface area contributed by atoms with E-state index in [4.69, 9.17) is 9.47 Å². The number of cyclic esters (lactones) is 2. The lowest BCUT2D eigenvalue weighted by Gasteiger charge is -2.29. The molecular weight excluding hydrogens is 402 g/mol. The Labute approximate surface area is 181 Å². The summed E-state index contributed by atoms with van der Waals surface area (Å²) in [5.74, 6) is -1.79. The summed E-state index contributed by atoms with van der Waals surface area (Å²) in [6.07, 6.45) is 0.273. The van der Waals surface area contributed by atoms with Crippen molar-refractivity contribution in [2.45, 2.75) is 64.2 Å². The number of nitrogens with zero attached hydrogens (tertiary/aromatic N) is 1. The molecule has 0 aliphatic carbocycles. The van der Waals surface area contributed by atoms with Crippen LogP contribution in [0.5, 0.6) is 0 Å². The van der Waals surface area contributed by atoms with Gasteiger partial charge in [-0.25, -0.2) is 4.79 Å². The van der Waals surface area contributed by atoms with E-state index in [1.165, 1.54) is 30.9 Å². The smallest absolute Gasteiger partial charge is 0.330 e. The van der Waals surface area contributed by atoms with Gasteiger partial charge in [-0.2, -0.15) is 0 Å². The van der Waals surface area contributed by atoms with Crippen molar-refractivity contribution in [1.29, 1.82) is 0 Å². The van der Waals surface area contributed by atoms with E-state index in [9.17, 15) is 24.6 Å². The third-order valence-corrected chi connectivity index (χ3v) is 4.92. The van der Waals surface area contributed by atoms with Gasteiger partial charge in [0.25, 0.3) is 0 Å². The quantitative estimate of drug-likeness (QED) is 0.683. The van der Waals surface area contributed by atoms with Crippen LogP contribution in [0.25, 0.3) is 0 Å². The summed E-state index contributed by atoms with van der Waals surface area (Å²) in [5.41, 5.74) is 0.871. The van der Waals surface area contributed by atoms with Crippen LogP contribution in [-0.4, -0.2) is 63.4 Å². The summed E-state index contributed by atoms with van der Waals surface area (Å²) in [6, 6.07) is 8.78. The highest BCUT2D eigenvalue weighted by atomic mass is 16.6. The molecule has 0 spiro atoms. The van der Waals surface area contributed by atoms with Gasteiger partial charge >= 0.3 is 11.9 Å². The normalized spacial score (nSPS) is 30.9. The molecule has 1 aliphatic heterocycles. The van der Waals surface area contributed by atoms with Crippen LogP contribution in [0.4, 0.5) is 0 Å². The first kappa shape index (κ1) is 24.3. The summed E-state index contributed by atoms with van der Waals surface area (Å²) in [6.45, 7) is 4.95. The highest BCUT2D eigenvalue weighted by molar-refractivity contribution is 5.88. The van der Waals surface area contributed by atoms with Gasteiger partial charge in [-0.05, 0) is 38.5 Å². The summed E-state index contributed by atoms with van der Waals surface area (Å²) in [5, 5.41) is 20.3. The predicted octanol–water partition coefficient (Wildman–Crippen LogP) is 1.50. The van der Waals surface area contributed by atoms with Gasteiger partial charge in [-0.15, -0.1) is 0 Å². The van der Waals surface area contributed by atoms with Crippen molar-refractivity contribution in [2.75, 3.05) is 0 Å². The van der Waals surface area contributed by atoms with Crippen LogP contribution in [0, 0.1) is 0 Å². The average Bonchev–Trinajstić information content (AvgIpc) is 2.73. The van der Waals surface area contributed by atoms with Gasteiger partial charge in [0, 0.05) is 24.7 Å². The molecule has 8 nitrogen and oxygen atoms in total. The van der Waals surface area contributed by atoms with Gasteiger partial charge in [0.2, 0.25) is 5.91 Å². The van der Waals surface area contributed by atoms with Gasteiger partial charge < -0.3 is 24.6 Å². The Kier molecular flexibility index (Phi) is 8.96. The Hall–Kier alpha value is -2.97. The molecule has 1 aromatic carbocycles. The van der Waals surface area contributed by atoms with Crippen molar-refractivity contribution < 1.29 is 34.1 Å². The van der Waals surface area contributed by atoms with E-state index in [-0.39, 0.29) is 13.0 Å². The zero-order valence-corrected chi connectivity index (χ0v) is 17.9. The Balaban J connectivity index is 2.30. The van der Waals surface area contributed by atoms with E-state index < -0.39 is 48.3 Å². The maximum atomic E-state index is 12.9. The molecule has 0 saturated carbocycles.